The zero-order valence-corrected chi connectivity index (χ0v) is 29.6. The Morgan fingerprint density at radius 3 is 1.21 bits per heavy atom. The third kappa shape index (κ3) is 4.40. The average Bonchev–Trinajstić information content (AvgIpc) is 3.73. The van der Waals surface area contributed by atoms with Crippen LogP contribution in [0, 0.1) is 33.5 Å². The van der Waals surface area contributed by atoms with Crippen molar-refractivity contribution < 1.29 is 19.2 Å². The number of imide groups is 2. The highest BCUT2D eigenvalue weighted by Crippen LogP contribution is 2.63. The second kappa shape index (κ2) is 10.7. The van der Waals surface area contributed by atoms with Crippen LogP contribution < -0.4 is 10.6 Å². The zero-order chi connectivity index (χ0) is 34.0. The van der Waals surface area contributed by atoms with Crippen molar-refractivity contribution in [1.82, 2.24) is 20.4 Å². The Balaban J connectivity index is 0.945. The summed E-state index contributed by atoms with van der Waals surface area (Å²) in [4.78, 5) is 57.8. The molecule has 6 aliphatic rings. The molecule has 2 aromatic rings. The van der Waals surface area contributed by atoms with E-state index in [1.807, 2.05) is 0 Å². The van der Waals surface area contributed by atoms with Crippen molar-refractivity contribution in [1.29, 1.82) is 0 Å². The molecule has 48 heavy (non-hydrogen) atoms. The van der Waals surface area contributed by atoms with Gasteiger partial charge in [-0.1, -0.05) is 41.5 Å². The van der Waals surface area contributed by atoms with Crippen molar-refractivity contribution >= 4 is 34.4 Å². The second-order valence-electron chi connectivity index (χ2n) is 17.9. The first-order chi connectivity index (χ1) is 22.7. The highest BCUT2D eigenvalue weighted by atomic mass is 16.2. The summed E-state index contributed by atoms with van der Waals surface area (Å²) in [6.45, 7) is 16.4. The largest absolute Gasteiger partial charge is 0.313 e. The minimum absolute atomic E-state index is 0.241. The predicted molar refractivity (Wildman–Crippen MR) is 186 cm³/mol. The molecule has 0 saturated heterocycles. The van der Waals surface area contributed by atoms with Crippen molar-refractivity contribution in [3.05, 3.63) is 46.5 Å². The van der Waals surface area contributed by atoms with E-state index < -0.39 is 0 Å². The standard InChI is InChI=1S/C40H52N4O4/c1-37(2)23-13-15-39(5,21-23)35(37)41-17-7-19-43-31(45)25-9-11-27-30-28(12-10-26(29(25)30)32(43)46)34(48)44(33(27)47)20-8-18-42-36-38(3,4)24-14-16-40(36,6)22-24/h9-12,23-24,35-36,41-42H,7-8,13-22H2,1-6H3/t23-,24-,35-,36-,39-,40-/m1/s1. The highest BCUT2D eigenvalue weighted by molar-refractivity contribution is 6.33. The summed E-state index contributed by atoms with van der Waals surface area (Å²) in [5.74, 6) is 0.0886. The molecule has 2 heterocycles. The van der Waals surface area contributed by atoms with Crippen LogP contribution in [0.2, 0.25) is 0 Å². The van der Waals surface area contributed by atoms with Gasteiger partial charge in [-0.2, -0.15) is 0 Å². The van der Waals surface area contributed by atoms with Crippen LogP contribution in [0.5, 0.6) is 0 Å². The fraction of sp³-hybridized carbons (Fsp3) is 0.650. The topological polar surface area (TPSA) is 98.8 Å². The number of amides is 4. The third-order valence-corrected chi connectivity index (χ3v) is 14.4. The van der Waals surface area contributed by atoms with Crippen LogP contribution in [0.25, 0.3) is 10.8 Å². The number of nitrogens with one attached hydrogen (secondary N) is 2. The molecule has 4 amide bonds. The second-order valence-corrected chi connectivity index (χ2v) is 17.9. The smallest absolute Gasteiger partial charge is 0.261 e. The monoisotopic (exact) mass is 652 g/mol. The van der Waals surface area contributed by atoms with Crippen LogP contribution in [-0.4, -0.2) is 71.7 Å². The zero-order valence-electron chi connectivity index (χ0n) is 29.6. The molecule has 4 saturated carbocycles. The van der Waals surface area contributed by atoms with Gasteiger partial charge in [-0.25, -0.2) is 0 Å². The molecular weight excluding hydrogens is 600 g/mol. The van der Waals surface area contributed by atoms with Crippen molar-refractivity contribution in [3.8, 4) is 0 Å². The summed E-state index contributed by atoms with van der Waals surface area (Å²) in [5.41, 5.74) is 2.66. The van der Waals surface area contributed by atoms with Gasteiger partial charge in [-0.05, 0) is 122 Å². The molecule has 2 aromatic carbocycles. The maximum atomic E-state index is 13.8. The van der Waals surface area contributed by atoms with Gasteiger partial charge in [0.15, 0.2) is 0 Å². The molecule has 8 heteroatoms. The molecule has 8 rings (SSSR count). The van der Waals surface area contributed by atoms with Crippen LogP contribution in [0.3, 0.4) is 0 Å². The molecular formula is C40H52N4O4. The molecule has 4 fully saturated rings. The molecule has 0 aromatic heterocycles. The Labute approximate surface area is 284 Å². The van der Waals surface area contributed by atoms with E-state index in [9.17, 15) is 19.2 Å². The predicted octanol–water partition coefficient (Wildman–Crippen LogP) is 6.42. The van der Waals surface area contributed by atoms with Gasteiger partial charge in [0.2, 0.25) is 0 Å². The average molecular weight is 653 g/mol. The molecule has 4 bridgehead atoms. The third-order valence-electron chi connectivity index (χ3n) is 14.4. The Bertz CT molecular complexity index is 1560. The Hall–Kier alpha value is -3.10. The van der Waals surface area contributed by atoms with Gasteiger partial charge < -0.3 is 10.6 Å². The Morgan fingerprint density at radius 1 is 0.583 bits per heavy atom. The number of nitrogens with zero attached hydrogens (tertiary/aromatic N) is 2. The fourth-order valence-electron chi connectivity index (χ4n) is 12.0. The Kier molecular flexibility index (Phi) is 7.16. The summed E-state index contributed by atoms with van der Waals surface area (Å²) in [7, 11) is 0. The highest BCUT2D eigenvalue weighted by Gasteiger charge is 2.60. The molecule has 2 aliphatic heterocycles. The van der Waals surface area contributed by atoms with Gasteiger partial charge in [-0.3, -0.25) is 29.0 Å². The number of benzene rings is 2. The van der Waals surface area contributed by atoms with Crippen LogP contribution in [0.4, 0.5) is 0 Å². The molecule has 8 nitrogen and oxygen atoms in total. The van der Waals surface area contributed by atoms with Crippen LogP contribution in [0.1, 0.15) is 134 Å². The molecule has 0 unspecified atom stereocenters. The number of hydrogen-bond donors (Lipinski definition) is 2. The van der Waals surface area contributed by atoms with Crippen molar-refractivity contribution in [2.45, 2.75) is 105 Å². The number of rotatable bonds is 10. The van der Waals surface area contributed by atoms with E-state index in [-0.39, 0.29) is 34.5 Å². The number of carbonyl (C=O) groups is 4. The van der Waals surface area contributed by atoms with Gasteiger partial charge >= 0.3 is 0 Å². The summed E-state index contributed by atoms with van der Waals surface area (Å²) in [5, 5.41) is 8.50. The number of hydrogen-bond acceptors (Lipinski definition) is 6. The lowest BCUT2D eigenvalue weighted by Crippen LogP contribution is -2.51. The van der Waals surface area contributed by atoms with Crippen molar-refractivity contribution in [2.24, 2.45) is 33.5 Å². The lowest BCUT2D eigenvalue weighted by molar-refractivity contribution is 0.0583. The summed E-state index contributed by atoms with van der Waals surface area (Å²) in [6.07, 6.45) is 8.98. The quantitative estimate of drug-likeness (QED) is 0.227. The van der Waals surface area contributed by atoms with Crippen molar-refractivity contribution in [2.75, 3.05) is 26.2 Å². The normalized spacial score (nSPS) is 34.0. The molecule has 256 valence electrons. The summed E-state index contributed by atoms with van der Waals surface area (Å²) >= 11 is 0. The maximum absolute atomic E-state index is 13.8. The first-order valence-electron chi connectivity index (χ1n) is 18.5. The maximum Gasteiger partial charge on any atom is 0.261 e. The van der Waals surface area contributed by atoms with Gasteiger partial charge in [0.25, 0.3) is 23.6 Å². The SMILES string of the molecule is CC1(C)[C@@H]2CC[C@](C)(C2)[C@@H]1NCCCN1C(=O)c2ccc3c4c(ccc(c24)C1=O)C(=O)N(CCCN[C@@H]1C(C)(C)[C@@H]2CC[C@]1(C)C2)C3=O. The van der Waals surface area contributed by atoms with Gasteiger partial charge in [0.1, 0.15) is 0 Å². The van der Waals surface area contributed by atoms with E-state index in [1.54, 1.807) is 24.3 Å². The number of carbonyl (C=O) groups excluding carboxylic acids is 4. The first-order valence-corrected chi connectivity index (χ1v) is 18.5. The van der Waals surface area contributed by atoms with E-state index in [0.29, 0.717) is 81.9 Å². The van der Waals surface area contributed by atoms with E-state index in [4.69, 9.17) is 0 Å². The minimum Gasteiger partial charge on any atom is -0.313 e. The van der Waals surface area contributed by atoms with E-state index >= 15 is 0 Å². The van der Waals surface area contributed by atoms with Gasteiger partial charge in [-0.15, -0.1) is 0 Å². The van der Waals surface area contributed by atoms with Gasteiger partial charge in [0.05, 0.1) is 0 Å². The number of fused-ring (bicyclic) bond motifs is 4. The minimum atomic E-state index is -0.353. The lowest BCUT2D eigenvalue weighted by atomic mass is 9.68. The van der Waals surface area contributed by atoms with Crippen LogP contribution >= 0.6 is 0 Å². The molecule has 0 spiro atoms. The fourth-order valence-corrected chi connectivity index (χ4v) is 12.0. The molecule has 6 atom stereocenters. The van der Waals surface area contributed by atoms with E-state index in [0.717, 1.165) is 24.9 Å². The Morgan fingerprint density at radius 2 is 0.917 bits per heavy atom. The van der Waals surface area contributed by atoms with Crippen LogP contribution in [-0.2, 0) is 0 Å². The molecule has 2 N–H and O–H groups in total. The molecule has 4 aliphatic carbocycles. The van der Waals surface area contributed by atoms with E-state index in [2.05, 4.69) is 52.2 Å². The lowest BCUT2D eigenvalue weighted by Gasteiger charge is -2.43. The van der Waals surface area contributed by atoms with E-state index in [1.165, 1.54) is 48.3 Å². The summed E-state index contributed by atoms with van der Waals surface area (Å²) in [6, 6.07) is 7.56. The first kappa shape index (κ1) is 32.1. The molecule has 0 radical (unpaired) electrons. The van der Waals surface area contributed by atoms with Crippen LogP contribution in [0.15, 0.2) is 24.3 Å². The van der Waals surface area contributed by atoms with Crippen molar-refractivity contribution in [3.63, 3.8) is 0 Å². The van der Waals surface area contributed by atoms with Gasteiger partial charge in [0, 0.05) is 58.2 Å². The summed E-state index contributed by atoms with van der Waals surface area (Å²) < 4.78 is 0.